The minimum Gasteiger partial charge on any atom is -0.420 e. The van der Waals surface area contributed by atoms with Crippen molar-refractivity contribution in [2.45, 2.75) is 76.8 Å². The van der Waals surface area contributed by atoms with Crippen molar-refractivity contribution in [3.05, 3.63) is 76.1 Å². The minimum atomic E-state index is -5.05. The van der Waals surface area contributed by atoms with Gasteiger partial charge in [-0.1, -0.05) is 39.3 Å². The van der Waals surface area contributed by atoms with Gasteiger partial charge in [-0.2, -0.15) is 13.2 Å². The molecule has 12 nitrogen and oxygen atoms in total. The van der Waals surface area contributed by atoms with Crippen LogP contribution in [0.2, 0.25) is 5.02 Å². The maximum absolute atomic E-state index is 13.8. The summed E-state index contributed by atoms with van der Waals surface area (Å²) < 4.78 is 72.8. The zero-order chi connectivity index (χ0) is 36.8. The second-order valence-electron chi connectivity index (χ2n) is 12.0. The molecule has 17 heteroatoms. The van der Waals surface area contributed by atoms with Crippen LogP contribution in [0.5, 0.6) is 0 Å². The summed E-state index contributed by atoms with van der Waals surface area (Å²) in [6, 6.07) is 8.09. The zero-order valence-electron chi connectivity index (χ0n) is 27.3. The number of halogens is 4. The minimum absolute atomic E-state index is 0.0482. The molecular weight excluding hydrogens is 693 g/mol. The van der Waals surface area contributed by atoms with E-state index in [1.54, 1.807) is 13.8 Å². The van der Waals surface area contributed by atoms with Crippen LogP contribution in [-0.2, 0) is 24.3 Å². The Kier molecular flexibility index (Phi) is 12.9. The molecule has 268 valence electrons. The van der Waals surface area contributed by atoms with E-state index in [2.05, 4.69) is 15.4 Å². The van der Waals surface area contributed by atoms with E-state index in [1.807, 2.05) is 4.72 Å². The maximum Gasteiger partial charge on any atom is 0.451 e. The normalized spacial score (nSPS) is 16.9. The first-order valence-electron chi connectivity index (χ1n) is 15.2. The number of hydrogen-bond acceptors (Lipinski definition) is 9. The Labute approximate surface area is 287 Å². The van der Waals surface area contributed by atoms with Gasteiger partial charge in [-0.3, -0.25) is 19.2 Å². The quantitative estimate of drug-likeness (QED) is 0.143. The lowest BCUT2D eigenvalue weighted by molar-refractivity contribution is -0.159. The summed E-state index contributed by atoms with van der Waals surface area (Å²) in [4.78, 5) is 52.1. The van der Waals surface area contributed by atoms with E-state index < -0.39 is 81.5 Å². The van der Waals surface area contributed by atoms with Crippen molar-refractivity contribution in [2.24, 2.45) is 11.8 Å². The van der Waals surface area contributed by atoms with E-state index >= 15 is 0 Å². The number of sulfonamides is 1. The number of amides is 3. The van der Waals surface area contributed by atoms with Gasteiger partial charge in [0.25, 0.3) is 21.8 Å². The molecule has 1 saturated heterocycles. The van der Waals surface area contributed by atoms with Gasteiger partial charge in [0.1, 0.15) is 12.3 Å². The Bertz CT molecular complexity index is 1680. The molecule has 3 atom stereocenters. The predicted molar refractivity (Wildman–Crippen MR) is 172 cm³/mol. The van der Waals surface area contributed by atoms with E-state index in [0.29, 0.717) is 11.4 Å². The monoisotopic (exact) mass is 730 g/mol. The Morgan fingerprint density at radius 1 is 0.939 bits per heavy atom. The molecule has 1 unspecified atom stereocenters. The van der Waals surface area contributed by atoms with Gasteiger partial charge in [0.05, 0.1) is 16.6 Å². The second kappa shape index (κ2) is 16.0. The van der Waals surface area contributed by atoms with Crippen LogP contribution in [0.25, 0.3) is 0 Å². The molecule has 2 aromatic carbocycles. The van der Waals surface area contributed by atoms with Crippen LogP contribution in [0.4, 0.5) is 13.2 Å². The molecule has 1 heterocycles. The number of alkyl halides is 3. The van der Waals surface area contributed by atoms with Crippen molar-refractivity contribution in [3.8, 4) is 0 Å². The Hall–Kier alpha value is -4.15. The van der Waals surface area contributed by atoms with Gasteiger partial charge in [0.2, 0.25) is 11.7 Å². The van der Waals surface area contributed by atoms with Crippen LogP contribution in [-0.4, -0.2) is 73.1 Å². The first kappa shape index (κ1) is 39.3. The van der Waals surface area contributed by atoms with E-state index in [0.717, 1.165) is 6.92 Å². The van der Waals surface area contributed by atoms with Crippen LogP contribution in [0, 0.1) is 11.8 Å². The fourth-order valence-electron chi connectivity index (χ4n) is 5.10. The van der Waals surface area contributed by atoms with Crippen LogP contribution < -0.4 is 15.4 Å². The summed E-state index contributed by atoms with van der Waals surface area (Å²) in [7, 11) is -4.21. The number of benzene rings is 2. The average molecular weight is 731 g/mol. The molecule has 0 saturated carbocycles. The van der Waals surface area contributed by atoms with Crippen LogP contribution >= 0.6 is 11.6 Å². The number of esters is 1. The summed E-state index contributed by atoms with van der Waals surface area (Å²) in [6.07, 6.45) is -6.08. The van der Waals surface area contributed by atoms with Gasteiger partial charge in [0, 0.05) is 29.6 Å². The predicted octanol–water partition coefficient (Wildman–Crippen LogP) is 4.11. The van der Waals surface area contributed by atoms with Crippen LogP contribution in [0.3, 0.4) is 0 Å². The van der Waals surface area contributed by atoms with E-state index in [9.17, 15) is 45.9 Å². The highest BCUT2D eigenvalue weighted by atomic mass is 35.5. The van der Waals surface area contributed by atoms with Gasteiger partial charge in [-0.05, 0) is 73.2 Å². The van der Waals surface area contributed by atoms with Crippen LogP contribution in [0.1, 0.15) is 68.2 Å². The first-order valence-corrected chi connectivity index (χ1v) is 17.1. The standard InChI is InChI=1S/C32H38ClF3N4O8S/c1-17(2)25(27(32(34,35)36)48-19(5)41)37-30(44)24-7-6-16-40(24)31(45)26(18(3)4)38-28(42)20-8-10-21(11-9-20)29(43)39-49(46,47)23-14-12-22(33)13-15-23/h8-15,17-18,24,26,30,37,44H,6-7,16H2,1-5H3,(H,38,42)(H,39,43)/b27-25+/t24-,26-,30?/m0/s1. The number of aliphatic hydroxyl groups excluding tert-OH is 1. The largest absolute Gasteiger partial charge is 0.451 e. The molecule has 3 rings (SSSR count). The van der Waals surface area contributed by atoms with Gasteiger partial charge in [0.15, 0.2) is 0 Å². The Morgan fingerprint density at radius 3 is 1.98 bits per heavy atom. The average Bonchev–Trinajstić information content (AvgIpc) is 3.50. The number of allylic oxidation sites excluding steroid dienone is 2. The Balaban J connectivity index is 1.74. The van der Waals surface area contributed by atoms with Gasteiger partial charge in [-0.15, -0.1) is 0 Å². The molecule has 0 spiro atoms. The summed E-state index contributed by atoms with van der Waals surface area (Å²) in [5, 5.41) is 16.4. The molecule has 49 heavy (non-hydrogen) atoms. The highest BCUT2D eigenvalue weighted by molar-refractivity contribution is 7.90. The molecular formula is C32H38ClF3N4O8S. The van der Waals surface area contributed by atoms with Crippen molar-refractivity contribution >= 4 is 45.3 Å². The van der Waals surface area contributed by atoms with Gasteiger partial charge in [-0.25, -0.2) is 13.1 Å². The van der Waals surface area contributed by atoms with Crippen molar-refractivity contribution in [1.29, 1.82) is 0 Å². The third kappa shape index (κ3) is 10.2. The van der Waals surface area contributed by atoms with Crippen molar-refractivity contribution in [3.63, 3.8) is 0 Å². The zero-order valence-corrected chi connectivity index (χ0v) is 28.9. The van der Waals surface area contributed by atoms with E-state index in [-0.39, 0.29) is 29.0 Å². The maximum atomic E-state index is 13.8. The molecule has 0 aromatic heterocycles. The van der Waals surface area contributed by atoms with Gasteiger partial charge >= 0.3 is 12.1 Å². The molecule has 1 aliphatic rings. The van der Waals surface area contributed by atoms with Gasteiger partial charge < -0.3 is 25.4 Å². The number of aliphatic hydroxyl groups is 1. The van der Waals surface area contributed by atoms with E-state index in [1.165, 1.54) is 67.3 Å². The lowest BCUT2D eigenvalue weighted by atomic mass is 10.0. The number of rotatable bonds is 12. The SMILES string of the molecule is CC(=O)O/C(=C(/NC(O)[C@@H]1CCCN1C(=O)[C@@H](NC(=O)c1ccc(C(=O)NS(=O)(=O)c2ccc(Cl)cc2)cc1)C(C)C)C(C)C)C(F)(F)F. The smallest absolute Gasteiger partial charge is 0.420 e. The second-order valence-corrected chi connectivity index (χ2v) is 14.1. The number of nitrogens with one attached hydrogen (secondary N) is 3. The summed E-state index contributed by atoms with van der Waals surface area (Å²) >= 11 is 5.79. The molecule has 2 aromatic rings. The first-order chi connectivity index (χ1) is 22.7. The summed E-state index contributed by atoms with van der Waals surface area (Å²) in [5.41, 5.74) is -0.584. The third-order valence-corrected chi connectivity index (χ3v) is 9.15. The highest BCUT2D eigenvalue weighted by Crippen LogP contribution is 2.32. The lowest BCUT2D eigenvalue weighted by Gasteiger charge is -2.34. The lowest BCUT2D eigenvalue weighted by Crippen LogP contribution is -2.56. The van der Waals surface area contributed by atoms with Crippen molar-refractivity contribution < 1.29 is 50.6 Å². The summed E-state index contributed by atoms with van der Waals surface area (Å²) in [6.45, 7) is 7.14. The molecule has 0 bridgehead atoms. The molecule has 1 fully saturated rings. The number of carbonyl (C=O) groups is 4. The molecule has 0 aliphatic carbocycles. The number of hydrogen-bond donors (Lipinski definition) is 4. The third-order valence-electron chi connectivity index (χ3n) is 7.55. The molecule has 3 amide bonds. The number of likely N-dealkylation sites (tertiary alicyclic amines) is 1. The van der Waals surface area contributed by atoms with Crippen molar-refractivity contribution in [2.75, 3.05) is 6.54 Å². The molecule has 0 radical (unpaired) electrons. The molecule has 1 aliphatic heterocycles. The molecule has 4 N–H and O–H groups in total. The highest BCUT2D eigenvalue weighted by Gasteiger charge is 2.43. The number of nitrogens with zero attached hydrogens (tertiary/aromatic N) is 1. The fourth-order valence-corrected chi connectivity index (χ4v) is 6.20. The number of carbonyl (C=O) groups excluding carboxylic acids is 4. The fraction of sp³-hybridized carbons (Fsp3) is 0.438. The summed E-state index contributed by atoms with van der Waals surface area (Å²) in [5.74, 6) is -6.33. The number of ether oxygens (including phenoxy) is 1. The Morgan fingerprint density at radius 2 is 1.49 bits per heavy atom. The topological polar surface area (TPSA) is 171 Å². The van der Waals surface area contributed by atoms with Crippen molar-refractivity contribution in [1.82, 2.24) is 20.3 Å². The van der Waals surface area contributed by atoms with Crippen LogP contribution in [0.15, 0.2) is 64.9 Å². The van der Waals surface area contributed by atoms with E-state index in [4.69, 9.17) is 11.6 Å².